The lowest BCUT2D eigenvalue weighted by molar-refractivity contribution is 0.355. The topological polar surface area (TPSA) is 0 Å². The van der Waals surface area contributed by atoms with E-state index in [1.807, 2.05) is 0 Å². The largest absolute Gasteiger partial charge is 0.0654 e. The van der Waals surface area contributed by atoms with Gasteiger partial charge in [-0.1, -0.05) is 63.8 Å². The lowest BCUT2D eigenvalue weighted by atomic mass is 9.84. The fourth-order valence-corrected chi connectivity index (χ4v) is 4.90. The number of unbranched alkanes of at least 4 members (excludes halogenated alkanes) is 1. The van der Waals surface area contributed by atoms with Gasteiger partial charge in [0.25, 0.3) is 0 Å². The van der Waals surface area contributed by atoms with Crippen LogP contribution in [0.4, 0.5) is 0 Å². The standard InChI is InChI=1S/C19H28/c1-3-5-9-16-12-14(8-4-2)18-13-15-10-6-7-11-17(15)19(16)18/h6-7,10-11,14,16,18-19H,3-5,8-9,12-13H2,1-2H3. The average molecular weight is 256 g/mol. The van der Waals surface area contributed by atoms with Gasteiger partial charge in [-0.15, -0.1) is 0 Å². The maximum atomic E-state index is 2.42. The van der Waals surface area contributed by atoms with Gasteiger partial charge in [-0.25, -0.2) is 0 Å². The highest BCUT2D eigenvalue weighted by Gasteiger charge is 2.46. The summed E-state index contributed by atoms with van der Waals surface area (Å²) in [5.41, 5.74) is 3.38. The molecule has 3 rings (SSSR count). The Hall–Kier alpha value is -0.780. The second kappa shape index (κ2) is 5.69. The molecule has 2 aliphatic rings. The van der Waals surface area contributed by atoms with E-state index >= 15 is 0 Å². The van der Waals surface area contributed by atoms with Gasteiger partial charge in [-0.3, -0.25) is 0 Å². The van der Waals surface area contributed by atoms with Crippen molar-refractivity contribution in [3.8, 4) is 0 Å². The summed E-state index contributed by atoms with van der Waals surface area (Å²) in [6, 6.07) is 9.29. The lowest BCUT2D eigenvalue weighted by Crippen LogP contribution is -2.11. The molecule has 0 radical (unpaired) electrons. The minimum absolute atomic E-state index is 0.902. The zero-order chi connectivity index (χ0) is 13.2. The van der Waals surface area contributed by atoms with Crippen molar-refractivity contribution in [2.45, 2.75) is 64.7 Å². The van der Waals surface area contributed by atoms with E-state index < -0.39 is 0 Å². The van der Waals surface area contributed by atoms with Gasteiger partial charge in [0.1, 0.15) is 0 Å². The third-order valence-corrected chi connectivity index (χ3v) is 5.64. The van der Waals surface area contributed by atoms with Crippen molar-refractivity contribution in [3.63, 3.8) is 0 Å². The third kappa shape index (κ3) is 2.35. The van der Waals surface area contributed by atoms with Crippen molar-refractivity contribution in [1.29, 1.82) is 0 Å². The second-order valence-corrected chi connectivity index (χ2v) is 6.78. The molecule has 0 N–H and O–H groups in total. The molecule has 1 saturated carbocycles. The highest BCUT2D eigenvalue weighted by Crippen LogP contribution is 2.56. The summed E-state index contributed by atoms with van der Waals surface area (Å²) in [5, 5.41) is 0. The molecule has 0 heterocycles. The van der Waals surface area contributed by atoms with Gasteiger partial charge in [0.2, 0.25) is 0 Å². The summed E-state index contributed by atoms with van der Waals surface area (Å²) in [5.74, 6) is 3.85. The van der Waals surface area contributed by atoms with E-state index in [0.717, 1.165) is 23.7 Å². The van der Waals surface area contributed by atoms with Crippen LogP contribution < -0.4 is 0 Å². The van der Waals surface area contributed by atoms with Crippen LogP contribution in [0.15, 0.2) is 24.3 Å². The summed E-state index contributed by atoms with van der Waals surface area (Å²) >= 11 is 0. The van der Waals surface area contributed by atoms with Crippen LogP contribution in [0.5, 0.6) is 0 Å². The molecule has 0 spiro atoms. The van der Waals surface area contributed by atoms with Crippen LogP contribution in [0.25, 0.3) is 0 Å². The molecule has 0 saturated heterocycles. The normalized spacial score (nSPS) is 32.3. The van der Waals surface area contributed by atoms with Crippen molar-refractivity contribution in [3.05, 3.63) is 35.4 Å². The fourth-order valence-electron chi connectivity index (χ4n) is 4.90. The number of benzene rings is 1. The van der Waals surface area contributed by atoms with Crippen molar-refractivity contribution in [1.82, 2.24) is 0 Å². The predicted octanol–water partition coefficient (Wildman–Crippen LogP) is 5.57. The summed E-state index contributed by atoms with van der Waals surface area (Å²) in [6.45, 7) is 4.69. The Morgan fingerprint density at radius 1 is 1.00 bits per heavy atom. The molecular weight excluding hydrogens is 228 g/mol. The van der Waals surface area contributed by atoms with E-state index in [4.69, 9.17) is 0 Å². The first-order valence-corrected chi connectivity index (χ1v) is 8.43. The van der Waals surface area contributed by atoms with Crippen LogP contribution >= 0.6 is 0 Å². The van der Waals surface area contributed by atoms with E-state index in [9.17, 15) is 0 Å². The van der Waals surface area contributed by atoms with E-state index in [2.05, 4.69) is 38.1 Å². The van der Waals surface area contributed by atoms with Gasteiger partial charge in [0.05, 0.1) is 0 Å². The third-order valence-electron chi connectivity index (χ3n) is 5.64. The molecule has 4 atom stereocenters. The molecule has 2 aliphatic carbocycles. The highest BCUT2D eigenvalue weighted by atomic mass is 14.5. The maximum Gasteiger partial charge on any atom is -0.00966 e. The highest BCUT2D eigenvalue weighted by molar-refractivity contribution is 5.38. The number of hydrogen-bond donors (Lipinski definition) is 0. The fraction of sp³-hybridized carbons (Fsp3) is 0.684. The van der Waals surface area contributed by atoms with E-state index in [1.54, 1.807) is 11.1 Å². The van der Waals surface area contributed by atoms with Crippen molar-refractivity contribution >= 4 is 0 Å². The monoisotopic (exact) mass is 256 g/mol. The lowest BCUT2D eigenvalue weighted by Gasteiger charge is -2.20. The van der Waals surface area contributed by atoms with Crippen molar-refractivity contribution in [2.24, 2.45) is 17.8 Å². The molecule has 0 nitrogen and oxygen atoms in total. The van der Waals surface area contributed by atoms with Gasteiger partial charge in [-0.2, -0.15) is 0 Å². The molecule has 1 aromatic carbocycles. The summed E-state index contributed by atoms with van der Waals surface area (Å²) in [4.78, 5) is 0. The Kier molecular flexibility index (Phi) is 3.96. The zero-order valence-corrected chi connectivity index (χ0v) is 12.6. The Balaban J connectivity index is 1.84. The molecule has 4 unspecified atom stereocenters. The summed E-state index contributed by atoms with van der Waals surface area (Å²) in [6.07, 6.45) is 9.95. The molecule has 0 amide bonds. The molecule has 1 fully saturated rings. The van der Waals surface area contributed by atoms with Crippen molar-refractivity contribution in [2.75, 3.05) is 0 Å². The van der Waals surface area contributed by atoms with Gasteiger partial charge in [0, 0.05) is 0 Å². The molecular formula is C19H28. The molecule has 0 aromatic heterocycles. The predicted molar refractivity (Wildman–Crippen MR) is 82.4 cm³/mol. The molecule has 0 aliphatic heterocycles. The van der Waals surface area contributed by atoms with E-state index in [0.29, 0.717) is 0 Å². The Labute approximate surface area is 118 Å². The summed E-state index contributed by atoms with van der Waals surface area (Å²) in [7, 11) is 0. The van der Waals surface area contributed by atoms with Gasteiger partial charge in [-0.05, 0) is 54.1 Å². The van der Waals surface area contributed by atoms with E-state index in [1.165, 1.54) is 44.9 Å². The first-order valence-electron chi connectivity index (χ1n) is 8.43. The van der Waals surface area contributed by atoms with Crippen LogP contribution in [0.2, 0.25) is 0 Å². The van der Waals surface area contributed by atoms with Crippen LogP contribution in [0.1, 0.15) is 69.4 Å². The maximum absolute atomic E-state index is 2.42. The SMILES string of the molecule is CCCCC1CC(CCC)C2Cc3ccccc3C12. The number of rotatable bonds is 5. The quantitative estimate of drug-likeness (QED) is 0.646. The van der Waals surface area contributed by atoms with Crippen molar-refractivity contribution < 1.29 is 0 Å². The van der Waals surface area contributed by atoms with Crippen LogP contribution in [-0.4, -0.2) is 0 Å². The average Bonchev–Trinajstić information content (AvgIpc) is 2.95. The number of hydrogen-bond acceptors (Lipinski definition) is 0. The van der Waals surface area contributed by atoms with Gasteiger partial charge < -0.3 is 0 Å². The Morgan fingerprint density at radius 3 is 2.63 bits per heavy atom. The molecule has 0 bridgehead atoms. The van der Waals surface area contributed by atoms with Crippen LogP contribution in [0, 0.1) is 17.8 Å². The second-order valence-electron chi connectivity index (χ2n) is 6.78. The first kappa shape index (κ1) is 13.2. The zero-order valence-electron chi connectivity index (χ0n) is 12.6. The Bertz CT molecular complexity index is 420. The number of fused-ring (bicyclic) bond motifs is 3. The molecule has 0 heteroatoms. The molecule has 19 heavy (non-hydrogen) atoms. The Morgan fingerprint density at radius 2 is 1.84 bits per heavy atom. The first-order chi connectivity index (χ1) is 9.35. The van der Waals surface area contributed by atoms with Crippen LogP contribution in [-0.2, 0) is 6.42 Å². The minimum atomic E-state index is 0.902. The van der Waals surface area contributed by atoms with Gasteiger partial charge >= 0.3 is 0 Å². The smallest absolute Gasteiger partial charge is 0.00966 e. The molecule has 1 aromatic rings. The van der Waals surface area contributed by atoms with Crippen LogP contribution in [0.3, 0.4) is 0 Å². The minimum Gasteiger partial charge on any atom is -0.0654 e. The van der Waals surface area contributed by atoms with Gasteiger partial charge in [0.15, 0.2) is 0 Å². The molecule has 104 valence electrons. The van der Waals surface area contributed by atoms with E-state index in [-0.39, 0.29) is 0 Å². The summed E-state index contributed by atoms with van der Waals surface area (Å²) < 4.78 is 0.